The monoisotopic (exact) mass is 310 g/mol. The molecule has 2 rings (SSSR count). The van der Waals surface area contributed by atoms with Gasteiger partial charge in [-0.2, -0.15) is 0 Å². The van der Waals surface area contributed by atoms with Crippen LogP contribution in [0, 0.1) is 0 Å². The van der Waals surface area contributed by atoms with E-state index in [0.717, 1.165) is 12.0 Å². The van der Waals surface area contributed by atoms with Crippen LogP contribution in [0.5, 0.6) is 0 Å². The molecule has 0 saturated heterocycles. The molecule has 0 radical (unpaired) electrons. The molecule has 0 amide bonds. The molecule has 0 aliphatic rings. The summed E-state index contributed by atoms with van der Waals surface area (Å²) in [6.07, 6.45) is 0.723. The number of halogens is 2. The third-order valence-corrected chi connectivity index (χ3v) is 4.03. The maximum atomic E-state index is 6.30. The first kappa shape index (κ1) is 15.2. The number of nitrogens with zero attached hydrogens (tertiary/aromatic N) is 2. The maximum absolute atomic E-state index is 6.30. The number of hydrogen-bond donors (Lipinski definition) is 0. The van der Waals surface area contributed by atoms with Crippen LogP contribution in [0.2, 0.25) is 10.3 Å². The second-order valence-corrected chi connectivity index (χ2v) is 5.37. The van der Waals surface area contributed by atoms with E-state index in [9.17, 15) is 0 Å². The molecule has 0 aliphatic heterocycles. The molecule has 1 atom stereocenters. The predicted octanol–water partition coefficient (Wildman–Crippen LogP) is 4.72. The molecule has 0 saturated carbocycles. The molecule has 0 spiro atoms. The summed E-state index contributed by atoms with van der Waals surface area (Å²) in [5.74, 6) is 0.497. The third-order valence-electron chi connectivity index (χ3n) is 3.48. The highest BCUT2D eigenvalue weighted by atomic mass is 35.5. The first-order chi connectivity index (χ1) is 9.51. The molecule has 2 aromatic rings. The van der Waals surface area contributed by atoms with Gasteiger partial charge >= 0.3 is 0 Å². The number of aromatic nitrogens is 2. The first-order valence-corrected chi connectivity index (χ1v) is 7.11. The van der Waals surface area contributed by atoms with Crippen LogP contribution in [0.4, 0.5) is 0 Å². The van der Waals surface area contributed by atoms with Crippen molar-refractivity contribution in [2.24, 2.45) is 0 Å². The van der Waals surface area contributed by atoms with Crippen molar-refractivity contribution in [1.29, 1.82) is 0 Å². The molecule has 0 aliphatic carbocycles. The minimum Gasteiger partial charge on any atom is -0.371 e. The Labute approximate surface area is 128 Å². The van der Waals surface area contributed by atoms with E-state index >= 15 is 0 Å². The standard InChI is InChI=1S/C15H16Cl2N2O/c1-4-15(2,20-3)14-18-12(16)11(13(17)19-14)10-8-6-5-7-9-10/h5-9H,4H2,1-3H3. The number of ether oxygens (including phenoxy) is 1. The quantitative estimate of drug-likeness (QED) is 0.766. The fraction of sp³-hybridized carbons (Fsp3) is 0.333. The molecule has 1 aromatic carbocycles. The second-order valence-electron chi connectivity index (χ2n) is 4.66. The fourth-order valence-electron chi connectivity index (χ4n) is 1.88. The Morgan fingerprint density at radius 2 is 1.65 bits per heavy atom. The number of benzene rings is 1. The molecule has 0 bridgehead atoms. The lowest BCUT2D eigenvalue weighted by atomic mass is 10.0. The van der Waals surface area contributed by atoms with Gasteiger partial charge in [-0.05, 0) is 18.9 Å². The van der Waals surface area contributed by atoms with E-state index in [1.165, 1.54) is 0 Å². The second kappa shape index (κ2) is 6.08. The lowest BCUT2D eigenvalue weighted by Gasteiger charge is -2.25. The fourth-order valence-corrected chi connectivity index (χ4v) is 2.49. The van der Waals surface area contributed by atoms with Gasteiger partial charge in [-0.15, -0.1) is 0 Å². The average Bonchev–Trinajstić information content (AvgIpc) is 2.46. The van der Waals surface area contributed by atoms with Gasteiger partial charge in [0.25, 0.3) is 0 Å². The Hall–Kier alpha value is -1.16. The molecular formula is C15H16Cl2N2O. The summed E-state index contributed by atoms with van der Waals surface area (Å²) in [6, 6.07) is 9.61. The van der Waals surface area contributed by atoms with E-state index in [1.807, 2.05) is 44.2 Å². The Balaban J connectivity index is 2.56. The van der Waals surface area contributed by atoms with Crippen molar-refractivity contribution in [2.45, 2.75) is 25.9 Å². The van der Waals surface area contributed by atoms with Crippen LogP contribution >= 0.6 is 23.2 Å². The van der Waals surface area contributed by atoms with Crippen LogP contribution in [0.25, 0.3) is 11.1 Å². The topological polar surface area (TPSA) is 35.0 Å². The van der Waals surface area contributed by atoms with Crippen LogP contribution in [0.1, 0.15) is 26.1 Å². The summed E-state index contributed by atoms with van der Waals surface area (Å²) in [6.45, 7) is 3.91. The summed E-state index contributed by atoms with van der Waals surface area (Å²) in [5, 5.41) is 0.672. The van der Waals surface area contributed by atoms with Gasteiger partial charge in [0.15, 0.2) is 5.82 Å². The van der Waals surface area contributed by atoms with Crippen molar-refractivity contribution in [3.05, 3.63) is 46.5 Å². The predicted molar refractivity (Wildman–Crippen MR) is 82.1 cm³/mol. The molecule has 106 valence electrons. The van der Waals surface area contributed by atoms with Crippen molar-refractivity contribution in [1.82, 2.24) is 9.97 Å². The van der Waals surface area contributed by atoms with Crippen LogP contribution in [-0.4, -0.2) is 17.1 Å². The molecule has 1 unspecified atom stereocenters. The summed E-state index contributed by atoms with van der Waals surface area (Å²) in [5.41, 5.74) is 0.944. The van der Waals surface area contributed by atoms with Gasteiger partial charge in [-0.1, -0.05) is 60.5 Å². The zero-order chi connectivity index (χ0) is 14.8. The van der Waals surface area contributed by atoms with Crippen LogP contribution in [-0.2, 0) is 10.3 Å². The van der Waals surface area contributed by atoms with Crippen molar-refractivity contribution in [3.8, 4) is 11.1 Å². The Morgan fingerprint density at radius 3 is 2.10 bits per heavy atom. The summed E-state index contributed by atoms with van der Waals surface area (Å²) < 4.78 is 5.49. The van der Waals surface area contributed by atoms with Crippen molar-refractivity contribution in [3.63, 3.8) is 0 Å². The SMILES string of the molecule is CCC(C)(OC)c1nc(Cl)c(-c2ccccc2)c(Cl)n1. The van der Waals surface area contributed by atoms with Gasteiger partial charge in [0, 0.05) is 7.11 Å². The lowest BCUT2D eigenvalue weighted by molar-refractivity contribution is -0.00894. The van der Waals surface area contributed by atoms with Crippen LogP contribution in [0.15, 0.2) is 30.3 Å². The van der Waals surface area contributed by atoms with Crippen molar-refractivity contribution < 1.29 is 4.74 Å². The molecule has 0 fully saturated rings. The molecule has 1 heterocycles. The van der Waals surface area contributed by atoms with Crippen molar-refractivity contribution in [2.75, 3.05) is 7.11 Å². The Kier molecular flexibility index (Phi) is 4.63. The van der Waals surface area contributed by atoms with E-state index in [2.05, 4.69) is 9.97 Å². The summed E-state index contributed by atoms with van der Waals surface area (Å²) in [7, 11) is 1.62. The van der Waals surface area contributed by atoms with Crippen LogP contribution < -0.4 is 0 Å². The maximum Gasteiger partial charge on any atom is 0.163 e. The number of methoxy groups -OCH3 is 1. The molecule has 5 heteroatoms. The van der Waals surface area contributed by atoms with E-state index in [-0.39, 0.29) is 0 Å². The molecule has 1 aromatic heterocycles. The number of hydrogen-bond acceptors (Lipinski definition) is 3. The van der Waals surface area contributed by atoms with E-state index in [0.29, 0.717) is 21.7 Å². The van der Waals surface area contributed by atoms with E-state index in [1.54, 1.807) is 7.11 Å². The highest BCUT2D eigenvalue weighted by Gasteiger charge is 2.29. The molecule has 0 N–H and O–H groups in total. The zero-order valence-electron chi connectivity index (χ0n) is 11.7. The largest absolute Gasteiger partial charge is 0.371 e. The minimum absolute atomic E-state index is 0.336. The normalized spacial score (nSPS) is 14.1. The highest BCUT2D eigenvalue weighted by Crippen LogP contribution is 2.35. The number of rotatable bonds is 4. The Morgan fingerprint density at radius 1 is 1.10 bits per heavy atom. The lowest BCUT2D eigenvalue weighted by Crippen LogP contribution is -2.26. The molecule has 20 heavy (non-hydrogen) atoms. The molecular weight excluding hydrogens is 295 g/mol. The van der Waals surface area contributed by atoms with Gasteiger partial charge in [0.2, 0.25) is 0 Å². The zero-order valence-corrected chi connectivity index (χ0v) is 13.2. The van der Waals surface area contributed by atoms with E-state index < -0.39 is 5.60 Å². The van der Waals surface area contributed by atoms with Gasteiger partial charge < -0.3 is 4.74 Å². The summed E-state index contributed by atoms with van der Waals surface area (Å²) >= 11 is 12.6. The Bertz CT molecular complexity index is 575. The average molecular weight is 311 g/mol. The van der Waals surface area contributed by atoms with Gasteiger partial charge in [0.05, 0.1) is 5.56 Å². The van der Waals surface area contributed by atoms with Gasteiger partial charge in [-0.3, -0.25) is 0 Å². The van der Waals surface area contributed by atoms with Gasteiger partial charge in [-0.25, -0.2) is 9.97 Å². The van der Waals surface area contributed by atoms with Crippen LogP contribution in [0.3, 0.4) is 0 Å². The van der Waals surface area contributed by atoms with Gasteiger partial charge in [0.1, 0.15) is 15.9 Å². The van der Waals surface area contributed by atoms with E-state index in [4.69, 9.17) is 27.9 Å². The van der Waals surface area contributed by atoms with Crippen molar-refractivity contribution >= 4 is 23.2 Å². The highest BCUT2D eigenvalue weighted by molar-refractivity contribution is 6.37. The first-order valence-electron chi connectivity index (χ1n) is 6.36. The minimum atomic E-state index is -0.595. The third kappa shape index (κ3) is 2.80. The summed E-state index contributed by atoms with van der Waals surface area (Å²) in [4.78, 5) is 8.74. The molecule has 3 nitrogen and oxygen atoms in total. The smallest absolute Gasteiger partial charge is 0.163 e.